The van der Waals surface area contributed by atoms with Gasteiger partial charge in [0.1, 0.15) is 10.5 Å². The van der Waals surface area contributed by atoms with Crippen LogP contribution in [-0.2, 0) is 0 Å². The first-order valence-electron chi connectivity index (χ1n) is 5.59. The number of nitrogen functional groups attached to an aromatic ring is 1. The Labute approximate surface area is 122 Å². The van der Waals surface area contributed by atoms with Crippen LogP contribution < -0.4 is 5.73 Å². The van der Waals surface area contributed by atoms with E-state index in [1.807, 2.05) is 25.1 Å². The molecule has 0 spiro atoms. The van der Waals surface area contributed by atoms with Crippen LogP contribution in [0.2, 0.25) is 0 Å². The lowest BCUT2D eigenvalue weighted by Crippen LogP contribution is -1.85. The van der Waals surface area contributed by atoms with Gasteiger partial charge in [-0.1, -0.05) is 0 Å². The average molecular weight is 336 g/mol. The standard InChI is InChI=1S/C13H10BrN3OS/c1-7-9(14)3-5-12(16-7)19-13-17-10-6-8(15)2-4-11(10)18-13/h2-6H,15H2,1H3. The maximum Gasteiger partial charge on any atom is 0.263 e. The fourth-order valence-corrected chi connectivity index (χ4v) is 2.63. The highest BCUT2D eigenvalue weighted by Crippen LogP contribution is 2.30. The molecule has 4 nitrogen and oxygen atoms in total. The fourth-order valence-electron chi connectivity index (χ4n) is 1.63. The molecule has 0 aliphatic carbocycles. The van der Waals surface area contributed by atoms with Crippen LogP contribution in [-0.4, -0.2) is 9.97 Å². The van der Waals surface area contributed by atoms with Gasteiger partial charge in [-0.3, -0.25) is 0 Å². The van der Waals surface area contributed by atoms with Crippen molar-refractivity contribution >= 4 is 44.5 Å². The zero-order valence-electron chi connectivity index (χ0n) is 10.1. The van der Waals surface area contributed by atoms with Gasteiger partial charge in [0.25, 0.3) is 5.22 Å². The summed E-state index contributed by atoms with van der Waals surface area (Å²) in [6, 6.07) is 9.30. The molecule has 0 aliphatic heterocycles. The van der Waals surface area contributed by atoms with Crippen molar-refractivity contribution in [1.29, 1.82) is 0 Å². The van der Waals surface area contributed by atoms with E-state index in [0.29, 0.717) is 10.9 Å². The summed E-state index contributed by atoms with van der Waals surface area (Å²) in [4.78, 5) is 8.83. The number of hydrogen-bond donors (Lipinski definition) is 1. The summed E-state index contributed by atoms with van der Waals surface area (Å²) in [5.74, 6) is 0. The van der Waals surface area contributed by atoms with Gasteiger partial charge >= 0.3 is 0 Å². The normalized spacial score (nSPS) is 11.1. The number of nitrogens with zero attached hydrogens (tertiary/aromatic N) is 2. The van der Waals surface area contributed by atoms with E-state index in [0.717, 1.165) is 26.3 Å². The van der Waals surface area contributed by atoms with E-state index in [1.54, 1.807) is 12.1 Å². The molecule has 1 aromatic carbocycles. The second-order valence-electron chi connectivity index (χ2n) is 4.03. The smallest absolute Gasteiger partial charge is 0.263 e. The van der Waals surface area contributed by atoms with Crippen molar-refractivity contribution in [2.75, 3.05) is 5.73 Å². The van der Waals surface area contributed by atoms with Crippen LogP contribution in [0.5, 0.6) is 0 Å². The first-order valence-corrected chi connectivity index (χ1v) is 7.20. The van der Waals surface area contributed by atoms with Crippen LogP contribution in [0, 0.1) is 6.92 Å². The molecule has 2 aromatic heterocycles. The number of pyridine rings is 1. The van der Waals surface area contributed by atoms with Crippen LogP contribution in [0.3, 0.4) is 0 Å². The summed E-state index contributed by atoms with van der Waals surface area (Å²) in [6.07, 6.45) is 0. The molecule has 6 heteroatoms. The Hall–Kier alpha value is -1.53. The number of nitrogens with two attached hydrogens (primary N) is 1. The summed E-state index contributed by atoms with van der Waals surface area (Å²) in [5.41, 5.74) is 8.82. The van der Waals surface area contributed by atoms with Crippen molar-refractivity contribution in [3.8, 4) is 0 Å². The van der Waals surface area contributed by atoms with E-state index in [2.05, 4.69) is 25.9 Å². The monoisotopic (exact) mass is 335 g/mol. The highest BCUT2D eigenvalue weighted by atomic mass is 79.9. The summed E-state index contributed by atoms with van der Waals surface area (Å²) in [5, 5.41) is 1.41. The molecule has 0 atom stereocenters. The first-order chi connectivity index (χ1) is 9.11. The van der Waals surface area contributed by atoms with Gasteiger partial charge in [-0.05, 0) is 64.9 Å². The topological polar surface area (TPSA) is 64.9 Å². The van der Waals surface area contributed by atoms with Gasteiger partial charge in [-0.15, -0.1) is 0 Å². The number of rotatable bonds is 2. The minimum absolute atomic E-state index is 0.565. The van der Waals surface area contributed by atoms with Crippen LogP contribution in [0.25, 0.3) is 11.1 Å². The van der Waals surface area contributed by atoms with Crippen molar-refractivity contribution in [3.63, 3.8) is 0 Å². The van der Waals surface area contributed by atoms with Gasteiger partial charge < -0.3 is 10.2 Å². The van der Waals surface area contributed by atoms with Crippen molar-refractivity contribution in [1.82, 2.24) is 9.97 Å². The molecule has 2 heterocycles. The summed E-state index contributed by atoms with van der Waals surface area (Å²) < 4.78 is 6.63. The second-order valence-corrected chi connectivity index (χ2v) is 5.85. The predicted octanol–water partition coefficient (Wildman–Crippen LogP) is 4.03. The Morgan fingerprint density at radius 1 is 1.21 bits per heavy atom. The van der Waals surface area contributed by atoms with Crippen molar-refractivity contribution in [2.45, 2.75) is 17.2 Å². The molecule has 0 amide bonds. The number of halogens is 1. The van der Waals surface area contributed by atoms with E-state index in [1.165, 1.54) is 11.8 Å². The highest BCUT2D eigenvalue weighted by molar-refractivity contribution is 9.10. The van der Waals surface area contributed by atoms with E-state index in [-0.39, 0.29) is 0 Å². The Morgan fingerprint density at radius 2 is 2.05 bits per heavy atom. The molecule has 0 fully saturated rings. The third-order valence-corrected chi connectivity index (χ3v) is 4.20. The second kappa shape index (κ2) is 4.86. The fraction of sp³-hybridized carbons (Fsp3) is 0.0769. The van der Waals surface area contributed by atoms with E-state index < -0.39 is 0 Å². The Balaban J connectivity index is 1.94. The molecule has 0 saturated carbocycles. The molecule has 19 heavy (non-hydrogen) atoms. The first kappa shape index (κ1) is 12.5. The lowest BCUT2D eigenvalue weighted by molar-refractivity contribution is 0.489. The molecule has 3 rings (SSSR count). The predicted molar refractivity (Wildman–Crippen MR) is 79.2 cm³/mol. The molecule has 0 radical (unpaired) electrons. The molecule has 96 valence electrons. The SMILES string of the molecule is Cc1nc(Sc2nc3cc(N)ccc3o2)ccc1Br. The maximum absolute atomic E-state index is 5.72. The van der Waals surface area contributed by atoms with Crippen molar-refractivity contribution < 1.29 is 4.42 Å². The molecule has 0 aliphatic rings. The van der Waals surface area contributed by atoms with Gasteiger partial charge in [0.05, 0.1) is 5.69 Å². The van der Waals surface area contributed by atoms with Gasteiger partial charge in [-0.25, -0.2) is 9.97 Å². The number of benzene rings is 1. The largest absolute Gasteiger partial charge is 0.431 e. The molecular formula is C13H10BrN3OS. The van der Waals surface area contributed by atoms with E-state index in [9.17, 15) is 0 Å². The van der Waals surface area contributed by atoms with Crippen molar-refractivity contribution in [3.05, 3.63) is 40.5 Å². The number of anilines is 1. The zero-order valence-corrected chi connectivity index (χ0v) is 12.5. The van der Waals surface area contributed by atoms with Crippen LogP contribution in [0.1, 0.15) is 5.69 Å². The Morgan fingerprint density at radius 3 is 2.84 bits per heavy atom. The quantitative estimate of drug-likeness (QED) is 0.716. The van der Waals surface area contributed by atoms with Gasteiger partial charge in [0.15, 0.2) is 5.58 Å². The minimum Gasteiger partial charge on any atom is -0.431 e. The molecule has 3 aromatic rings. The summed E-state index contributed by atoms with van der Waals surface area (Å²) in [6.45, 7) is 1.95. The molecular weight excluding hydrogens is 326 g/mol. The van der Waals surface area contributed by atoms with E-state index in [4.69, 9.17) is 10.2 Å². The van der Waals surface area contributed by atoms with Crippen LogP contribution >= 0.6 is 27.7 Å². The minimum atomic E-state index is 0.565. The molecule has 0 unspecified atom stereocenters. The number of fused-ring (bicyclic) bond motifs is 1. The van der Waals surface area contributed by atoms with Crippen molar-refractivity contribution in [2.24, 2.45) is 0 Å². The lowest BCUT2D eigenvalue weighted by Gasteiger charge is -1.99. The summed E-state index contributed by atoms with van der Waals surface area (Å²) >= 11 is 4.82. The zero-order chi connectivity index (χ0) is 13.4. The summed E-state index contributed by atoms with van der Waals surface area (Å²) in [7, 11) is 0. The van der Waals surface area contributed by atoms with E-state index >= 15 is 0 Å². The maximum atomic E-state index is 5.72. The molecule has 0 saturated heterocycles. The Bertz CT molecular complexity index is 757. The highest BCUT2D eigenvalue weighted by Gasteiger charge is 2.09. The third kappa shape index (κ3) is 2.59. The lowest BCUT2D eigenvalue weighted by atomic mass is 10.3. The van der Waals surface area contributed by atoms with Crippen LogP contribution in [0.15, 0.2) is 49.5 Å². The van der Waals surface area contributed by atoms with Gasteiger partial charge in [0.2, 0.25) is 0 Å². The number of aryl methyl sites for hydroxylation is 1. The average Bonchev–Trinajstić information content (AvgIpc) is 2.75. The van der Waals surface area contributed by atoms with Gasteiger partial charge in [-0.2, -0.15) is 0 Å². The number of hydrogen-bond acceptors (Lipinski definition) is 5. The molecule has 0 bridgehead atoms. The third-order valence-electron chi connectivity index (χ3n) is 2.58. The van der Waals surface area contributed by atoms with Crippen LogP contribution in [0.4, 0.5) is 5.69 Å². The number of aromatic nitrogens is 2. The van der Waals surface area contributed by atoms with Gasteiger partial charge in [0, 0.05) is 10.2 Å². The molecule has 2 N–H and O–H groups in total. The Kier molecular flexibility index (Phi) is 3.20. The number of oxazole rings is 1.